The highest BCUT2D eigenvalue weighted by molar-refractivity contribution is 5.95. The van der Waals surface area contributed by atoms with Crippen molar-refractivity contribution in [2.45, 2.75) is 50.5 Å². The van der Waals surface area contributed by atoms with Crippen LogP contribution < -0.4 is 14.5 Å². The lowest BCUT2D eigenvalue weighted by Gasteiger charge is -2.47. The van der Waals surface area contributed by atoms with Crippen LogP contribution in [-0.2, 0) is 6.42 Å². The van der Waals surface area contributed by atoms with Crippen LogP contribution in [-0.4, -0.2) is 67.7 Å². The topological polar surface area (TPSA) is 56.3 Å². The number of phenolic OH excluding ortho intramolecular Hbond substituents is 1. The van der Waals surface area contributed by atoms with Crippen molar-refractivity contribution in [3.63, 3.8) is 0 Å². The van der Waals surface area contributed by atoms with Gasteiger partial charge in [-0.05, 0) is 109 Å². The van der Waals surface area contributed by atoms with Crippen molar-refractivity contribution in [3.8, 4) is 11.5 Å². The van der Waals surface area contributed by atoms with Crippen LogP contribution in [0.1, 0.15) is 70.6 Å². The van der Waals surface area contributed by atoms with Crippen molar-refractivity contribution in [1.29, 1.82) is 0 Å². The standard InChI is InChI=1S/C41H45N3O3/c1-28(45)32-10-16-39-40(24-32)47-27-35-26-42(21-22-44(35)39)25-29-17-19-43(20-18-29)34-11-7-31(8-12-34)41-37(30-5-3-2-4-6-30)14-9-33-23-36(46)13-15-38(33)41/h2-8,10-13,15-16,23-24,29,35,37,41,46H,9,14,17-22,25-27H2,1H3/t35-,37+,41-/m0/s1. The van der Waals surface area contributed by atoms with Gasteiger partial charge in [0.05, 0.1) is 11.7 Å². The maximum atomic E-state index is 11.8. The minimum atomic E-state index is 0.0801. The average molecular weight is 628 g/mol. The molecule has 47 heavy (non-hydrogen) atoms. The zero-order valence-corrected chi connectivity index (χ0v) is 27.4. The molecule has 0 amide bonds. The molecule has 2 fully saturated rings. The number of nitrogens with zero attached hydrogens (tertiary/aromatic N) is 3. The average Bonchev–Trinajstić information content (AvgIpc) is 3.11. The molecule has 6 heteroatoms. The lowest BCUT2D eigenvalue weighted by atomic mass is 9.69. The Balaban J connectivity index is 0.895. The van der Waals surface area contributed by atoms with Crippen molar-refractivity contribution >= 4 is 17.2 Å². The Bertz CT molecular complexity index is 1730. The van der Waals surface area contributed by atoms with Crippen LogP contribution in [0.2, 0.25) is 0 Å². The number of ether oxygens (including phenoxy) is 1. The second-order valence-electron chi connectivity index (χ2n) is 14.1. The van der Waals surface area contributed by atoms with E-state index in [1.54, 1.807) is 6.92 Å². The van der Waals surface area contributed by atoms with E-state index in [0.717, 1.165) is 69.1 Å². The number of rotatable bonds is 6. The molecule has 0 radical (unpaired) electrons. The molecule has 6 nitrogen and oxygen atoms in total. The van der Waals surface area contributed by atoms with Crippen LogP contribution in [0.3, 0.4) is 0 Å². The molecule has 0 saturated carbocycles. The Kier molecular flexibility index (Phi) is 8.14. The lowest BCUT2D eigenvalue weighted by Crippen LogP contribution is -2.58. The summed E-state index contributed by atoms with van der Waals surface area (Å²) in [6, 6.07) is 32.6. The van der Waals surface area contributed by atoms with Crippen LogP contribution >= 0.6 is 0 Å². The second kappa shape index (κ2) is 12.7. The summed E-state index contributed by atoms with van der Waals surface area (Å²) >= 11 is 0. The first-order valence-corrected chi connectivity index (χ1v) is 17.5. The van der Waals surface area contributed by atoms with E-state index >= 15 is 0 Å². The van der Waals surface area contributed by atoms with E-state index in [0.29, 0.717) is 30.2 Å². The largest absolute Gasteiger partial charge is 0.508 e. The molecular formula is C41H45N3O3. The third kappa shape index (κ3) is 6.00. The van der Waals surface area contributed by atoms with Gasteiger partial charge in [-0.3, -0.25) is 9.69 Å². The Morgan fingerprint density at radius 3 is 2.45 bits per heavy atom. The van der Waals surface area contributed by atoms with Crippen molar-refractivity contribution in [2.75, 3.05) is 55.7 Å². The monoisotopic (exact) mass is 627 g/mol. The molecule has 2 saturated heterocycles. The van der Waals surface area contributed by atoms with Gasteiger partial charge in [0.15, 0.2) is 5.78 Å². The summed E-state index contributed by atoms with van der Waals surface area (Å²) in [5.41, 5.74) is 8.56. The number of fused-ring (bicyclic) bond motifs is 4. The van der Waals surface area contributed by atoms with Gasteiger partial charge in [-0.1, -0.05) is 48.5 Å². The van der Waals surface area contributed by atoms with Crippen LogP contribution in [0.25, 0.3) is 0 Å². The maximum Gasteiger partial charge on any atom is 0.159 e. The number of phenols is 1. The molecule has 4 aromatic rings. The Labute approximate surface area is 278 Å². The van der Waals surface area contributed by atoms with Gasteiger partial charge in [-0.15, -0.1) is 0 Å². The molecule has 3 aliphatic heterocycles. The van der Waals surface area contributed by atoms with E-state index in [2.05, 4.69) is 81.4 Å². The summed E-state index contributed by atoms with van der Waals surface area (Å²) < 4.78 is 6.15. The zero-order chi connectivity index (χ0) is 31.9. The van der Waals surface area contributed by atoms with Crippen LogP contribution in [0.5, 0.6) is 11.5 Å². The third-order valence-electron chi connectivity index (χ3n) is 11.2. The van der Waals surface area contributed by atoms with E-state index in [1.807, 2.05) is 24.3 Å². The number of anilines is 2. The molecule has 4 aliphatic rings. The lowest BCUT2D eigenvalue weighted by molar-refractivity contribution is 0.101. The predicted molar refractivity (Wildman–Crippen MR) is 188 cm³/mol. The minimum Gasteiger partial charge on any atom is -0.508 e. The Hall–Kier alpha value is -4.29. The SMILES string of the molecule is CC(=O)c1ccc2c(c1)OC[C@@H]1CN(CC3CCN(c4ccc([C@@H]5c6ccc(O)cc6CC[C@@H]5c5ccccc5)cc4)CC3)CCN21. The molecule has 1 N–H and O–H groups in total. The summed E-state index contributed by atoms with van der Waals surface area (Å²) in [6.45, 7) is 8.75. The number of hydrogen-bond donors (Lipinski definition) is 1. The van der Waals surface area contributed by atoms with Crippen molar-refractivity contribution in [3.05, 3.63) is 119 Å². The fourth-order valence-corrected chi connectivity index (χ4v) is 8.73. The van der Waals surface area contributed by atoms with Crippen LogP contribution in [0.15, 0.2) is 91.0 Å². The van der Waals surface area contributed by atoms with E-state index in [4.69, 9.17) is 4.74 Å². The molecule has 0 aromatic heterocycles. The molecule has 3 heterocycles. The summed E-state index contributed by atoms with van der Waals surface area (Å²) in [5, 5.41) is 10.2. The quantitative estimate of drug-likeness (QED) is 0.227. The van der Waals surface area contributed by atoms with Crippen molar-refractivity contribution in [2.24, 2.45) is 5.92 Å². The first-order chi connectivity index (χ1) is 23.0. The van der Waals surface area contributed by atoms with E-state index in [-0.39, 0.29) is 11.7 Å². The van der Waals surface area contributed by atoms with Gasteiger partial charge in [0, 0.05) is 56.4 Å². The molecule has 0 bridgehead atoms. The highest BCUT2D eigenvalue weighted by atomic mass is 16.5. The predicted octanol–water partition coefficient (Wildman–Crippen LogP) is 7.26. The van der Waals surface area contributed by atoms with Gasteiger partial charge in [-0.2, -0.15) is 0 Å². The number of aryl methyl sites for hydroxylation is 1. The molecular weight excluding hydrogens is 582 g/mol. The number of Topliss-reactive ketones (excluding diaryl/α,β-unsaturated/α-hetero) is 1. The summed E-state index contributed by atoms with van der Waals surface area (Å²) in [4.78, 5) is 19.5. The van der Waals surface area contributed by atoms with E-state index < -0.39 is 0 Å². The minimum absolute atomic E-state index is 0.0801. The van der Waals surface area contributed by atoms with Crippen molar-refractivity contribution in [1.82, 2.24) is 4.90 Å². The Morgan fingerprint density at radius 1 is 0.851 bits per heavy atom. The summed E-state index contributed by atoms with van der Waals surface area (Å²) in [5.74, 6) is 2.71. The number of carbonyl (C=O) groups excluding carboxylic acids is 1. The molecule has 1 aliphatic carbocycles. The highest BCUT2D eigenvalue weighted by Gasteiger charge is 2.35. The highest BCUT2D eigenvalue weighted by Crippen LogP contribution is 2.47. The van der Waals surface area contributed by atoms with Gasteiger partial charge in [0.2, 0.25) is 0 Å². The van der Waals surface area contributed by atoms with Gasteiger partial charge < -0.3 is 19.6 Å². The number of piperazine rings is 1. The number of piperidine rings is 1. The number of ketones is 1. The molecule has 3 atom stereocenters. The third-order valence-corrected chi connectivity index (χ3v) is 11.2. The Morgan fingerprint density at radius 2 is 1.66 bits per heavy atom. The van der Waals surface area contributed by atoms with Crippen LogP contribution in [0.4, 0.5) is 11.4 Å². The van der Waals surface area contributed by atoms with Crippen LogP contribution in [0, 0.1) is 5.92 Å². The van der Waals surface area contributed by atoms with E-state index in [9.17, 15) is 9.90 Å². The molecule has 4 aromatic carbocycles. The number of hydrogen-bond acceptors (Lipinski definition) is 6. The summed E-state index contributed by atoms with van der Waals surface area (Å²) in [6.07, 6.45) is 4.51. The smallest absolute Gasteiger partial charge is 0.159 e. The number of carbonyl (C=O) groups is 1. The number of benzene rings is 4. The molecule has 242 valence electrons. The van der Waals surface area contributed by atoms with Crippen molar-refractivity contribution < 1.29 is 14.6 Å². The van der Waals surface area contributed by atoms with Gasteiger partial charge in [-0.25, -0.2) is 0 Å². The first kappa shape index (κ1) is 30.1. The first-order valence-electron chi connectivity index (χ1n) is 17.5. The van der Waals surface area contributed by atoms with Gasteiger partial charge >= 0.3 is 0 Å². The molecule has 0 unspecified atom stereocenters. The molecule has 0 spiro atoms. The zero-order valence-electron chi connectivity index (χ0n) is 27.4. The fraction of sp³-hybridized carbons (Fsp3) is 0.390. The normalized spacial score (nSPS) is 23.0. The van der Waals surface area contributed by atoms with Gasteiger partial charge in [0.1, 0.15) is 18.1 Å². The van der Waals surface area contributed by atoms with E-state index in [1.165, 1.54) is 40.8 Å². The molecule has 8 rings (SSSR count). The van der Waals surface area contributed by atoms with Gasteiger partial charge in [0.25, 0.3) is 0 Å². The maximum absolute atomic E-state index is 11.8. The fourth-order valence-electron chi connectivity index (χ4n) is 8.73. The second-order valence-corrected chi connectivity index (χ2v) is 14.1. The number of aromatic hydroxyl groups is 1. The summed E-state index contributed by atoms with van der Waals surface area (Å²) in [7, 11) is 0.